The van der Waals surface area contributed by atoms with Crippen LogP contribution in [0.15, 0.2) is 29.2 Å². The van der Waals surface area contributed by atoms with E-state index in [9.17, 15) is 0 Å². The molecule has 1 aromatic carbocycles. The van der Waals surface area contributed by atoms with Crippen LogP contribution in [0, 0.1) is 5.92 Å². The third-order valence-corrected chi connectivity index (χ3v) is 5.58. The Balaban J connectivity index is 1.67. The molecule has 0 aromatic heterocycles. The second-order valence-corrected chi connectivity index (χ2v) is 6.63. The van der Waals surface area contributed by atoms with Crippen molar-refractivity contribution in [3.63, 3.8) is 0 Å². The van der Waals surface area contributed by atoms with E-state index in [1.165, 1.54) is 23.5 Å². The van der Waals surface area contributed by atoms with Crippen LogP contribution >= 0.6 is 11.8 Å². The summed E-state index contributed by atoms with van der Waals surface area (Å²) in [6, 6.07) is 9.55. The minimum absolute atomic E-state index is 0.650. The van der Waals surface area contributed by atoms with E-state index in [0.29, 0.717) is 17.9 Å². The van der Waals surface area contributed by atoms with Gasteiger partial charge < -0.3 is 10.1 Å². The molecule has 0 spiro atoms. The number of ether oxygens (including phenoxy) is 1. The zero-order chi connectivity index (χ0) is 13.1. The summed E-state index contributed by atoms with van der Waals surface area (Å²) in [4.78, 5) is 1.49. The molecule has 1 fully saturated rings. The summed E-state index contributed by atoms with van der Waals surface area (Å²) in [7, 11) is 0. The average Bonchev–Trinajstić information content (AvgIpc) is 2.85. The van der Waals surface area contributed by atoms with Gasteiger partial charge in [-0.15, -0.1) is 11.8 Å². The maximum atomic E-state index is 5.71. The summed E-state index contributed by atoms with van der Waals surface area (Å²) in [6.45, 7) is 5.12. The highest BCUT2D eigenvalue weighted by Gasteiger charge is 2.31. The molecule has 3 unspecified atom stereocenters. The van der Waals surface area contributed by atoms with Crippen molar-refractivity contribution >= 4 is 11.8 Å². The van der Waals surface area contributed by atoms with E-state index >= 15 is 0 Å². The molecule has 1 N–H and O–H groups in total. The van der Waals surface area contributed by atoms with E-state index in [-0.39, 0.29) is 0 Å². The van der Waals surface area contributed by atoms with Gasteiger partial charge in [-0.05, 0) is 42.9 Å². The smallest absolute Gasteiger partial charge is 0.0509 e. The molecule has 0 saturated carbocycles. The summed E-state index contributed by atoms with van der Waals surface area (Å²) in [6.07, 6.45) is 2.43. The van der Waals surface area contributed by atoms with Crippen LogP contribution in [0.1, 0.15) is 31.2 Å². The number of hydrogen-bond acceptors (Lipinski definition) is 3. The topological polar surface area (TPSA) is 21.3 Å². The highest BCUT2D eigenvalue weighted by molar-refractivity contribution is 7.99. The van der Waals surface area contributed by atoms with E-state index in [0.717, 1.165) is 19.8 Å². The second kappa shape index (κ2) is 6.29. The molecule has 2 nitrogen and oxygen atoms in total. The van der Waals surface area contributed by atoms with Crippen LogP contribution in [-0.4, -0.2) is 31.6 Å². The molecule has 0 radical (unpaired) electrons. The predicted molar refractivity (Wildman–Crippen MR) is 80.9 cm³/mol. The van der Waals surface area contributed by atoms with Crippen molar-refractivity contribution in [1.29, 1.82) is 0 Å². The zero-order valence-electron chi connectivity index (χ0n) is 11.6. The standard InChI is InChI=1S/C16H23NOS/c1-2-17-15-7-8-18-10-12(15)9-13-11-19-16-6-4-3-5-14(13)16/h3-6,12-13,15,17H,2,7-11H2,1H3. The van der Waals surface area contributed by atoms with Crippen LogP contribution in [-0.2, 0) is 4.74 Å². The summed E-state index contributed by atoms with van der Waals surface area (Å²) < 4.78 is 5.71. The first-order valence-corrected chi connectivity index (χ1v) is 8.40. The zero-order valence-corrected chi connectivity index (χ0v) is 12.4. The first-order valence-electron chi connectivity index (χ1n) is 7.41. The lowest BCUT2D eigenvalue weighted by Gasteiger charge is -2.33. The molecular weight excluding hydrogens is 254 g/mol. The lowest BCUT2D eigenvalue weighted by atomic mass is 9.84. The van der Waals surface area contributed by atoms with Crippen molar-refractivity contribution in [2.45, 2.75) is 36.6 Å². The maximum absolute atomic E-state index is 5.71. The Morgan fingerprint density at radius 1 is 1.37 bits per heavy atom. The summed E-state index contributed by atoms with van der Waals surface area (Å²) in [5.74, 6) is 2.63. The van der Waals surface area contributed by atoms with Gasteiger partial charge >= 0.3 is 0 Å². The van der Waals surface area contributed by atoms with Crippen LogP contribution in [0.25, 0.3) is 0 Å². The fourth-order valence-corrected chi connectivity index (χ4v) is 4.62. The van der Waals surface area contributed by atoms with Crippen LogP contribution in [0.2, 0.25) is 0 Å². The number of rotatable bonds is 4. The number of thioether (sulfide) groups is 1. The maximum Gasteiger partial charge on any atom is 0.0509 e. The molecule has 0 amide bonds. The molecular formula is C16H23NOS. The fourth-order valence-electron chi connectivity index (χ4n) is 3.35. The van der Waals surface area contributed by atoms with Crippen molar-refractivity contribution in [3.8, 4) is 0 Å². The third-order valence-electron chi connectivity index (χ3n) is 4.33. The van der Waals surface area contributed by atoms with Gasteiger partial charge in [0.2, 0.25) is 0 Å². The van der Waals surface area contributed by atoms with Crippen LogP contribution < -0.4 is 5.32 Å². The summed E-state index contributed by atoms with van der Waals surface area (Å²) >= 11 is 2.02. The van der Waals surface area contributed by atoms with Crippen LogP contribution in [0.3, 0.4) is 0 Å². The molecule has 2 aliphatic rings. The Morgan fingerprint density at radius 2 is 2.26 bits per heavy atom. The van der Waals surface area contributed by atoms with Crippen LogP contribution in [0.5, 0.6) is 0 Å². The summed E-state index contributed by atoms with van der Waals surface area (Å²) in [5.41, 5.74) is 1.56. The highest BCUT2D eigenvalue weighted by Crippen LogP contribution is 2.43. The Bertz CT molecular complexity index is 421. The first-order chi connectivity index (χ1) is 9.38. The van der Waals surface area contributed by atoms with Gasteiger partial charge in [-0.3, -0.25) is 0 Å². The molecule has 1 saturated heterocycles. The normalized spacial score (nSPS) is 30.3. The predicted octanol–water partition coefficient (Wildman–Crippen LogP) is 3.28. The highest BCUT2D eigenvalue weighted by atomic mass is 32.2. The molecule has 19 heavy (non-hydrogen) atoms. The van der Waals surface area contributed by atoms with E-state index in [1.54, 1.807) is 5.56 Å². The van der Waals surface area contributed by atoms with Gasteiger partial charge in [0.15, 0.2) is 0 Å². The lowest BCUT2D eigenvalue weighted by molar-refractivity contribution is 0.0272. The van der Waals surface area contributed by atoms with E-state index in [4.69, 9.17) is 4.74 Å². The van der Waals surface area contributed by atoms with Crippen molar-refractivity contribution in [2.75, 3.05) is 25.5 Å². The van der Waals surface area contributed by atoms with Gasteiger partial charge in [0, 0.05) is 23.3 Å². The number of hydrogen-bond donors (Lipinski definition) is 1. The van der Waals surface area contributed by atoms with Crippen molar-refractivity contribution in [3.05, 3.63) is 29.8 Å². The van der Waals surface area contributed by atoms with Gasteiger partial charge in [-0.1, -0.05) is 25.1 Å². The number of fused-ring (bicyclic) bond motifs is 1. The molecule has 1 aromatic rings. The Hall–Kier alpha value is -0.510. The fraction of sp³-hybridized carbons (Fsp3) is 0.625. The van der Waals surface area contributed by atoms with Gasteiger partial charge in [0.05, 0.1) is 6.61 Å². The number of nitrogens with one attached hydrogen (secondary N) is 1. The minimum atomic E-state index is 0.650. The summed E-state index contributed by atoms with van der Waals surface area (Å²) in [5, 5.41) is 3.65. The average molecular weight is 277 g/mol. The molecule has 3 atom stereocenters. The second-order valence-electron chi connectivity index (χ2n) is 5.57. The van der Waals surface area contributed by atoms with Gasteiger partial charge in [0.1, 0.15) is 0 Å². The lowest BCUT2D eigenvalue weighted by Crippen LogP contribution is -2.43. The van der Waals surface area contributed by atoms with Gasteiger partial charge in [-0.25, -0.2) is 0 Å². The van der Waals surface area contributed by atoms with E-state index < -0.39 is 0 Å². The van der Waals surface area contributed by atoms with E-state index in [1.807, 2.05) is 11.8 Å². The van der Waals surface area contributed by atoms with Gasteiger partial charge in [0.25, 0.3) is 0 Å². The quantitative estimate of drug-likeness (QED) is 0.912. The molecule has 3 heteroatoms. The SMILES string of the molecule is CCNC1CCOCC1CC1CSc2ccccc21. The Morgan fingerprint density at radius 3 is 3.16 bits per heavy atom. The molecule has 0 bridgehead atoms. The van der Waals surface area contributed by atoms with Crippen molar-refractivity contribution in [1.82, 2.24) is 5.32 Å². The first kappa shape index (κ1) is 13.5. The number of benzene rings is 1. The van der Waals surface area contributed by atoms with E-state index in [2.05, 4.69) is 36.5 Å². The molecule has 3 rings (SSSR count). The van der Waals surface area contributed by atoms with Gasteiger partial charge in [-0.2, -0.15) is 0 Å². The van der Waals surface area contributed by atoms with Crippen LogP contribution in [0.4, 0.5) is 0 Å². The molecule has 104 valence electrons. The minimum Gasteiger partial charge on any atom is -0.381 e. The molecule has 2 aliphatic heterocycles. The largest absolute Gasteiger partial charge is 0.381 e. The van der Waals surface area contributed by atoms with Crippen molar-refractivity contribution < 1.29 is 4.74 Å². The van der Waals surface area contributed by atoms with Crippen molar-refractivity contribution in [2.24, 2.45) is 5.92 Å². The molecule has 2 heterocycles. The Kier molecular flexibility index (Phi) is 4.46. The Labute approximate surface area is 120 Å². The molecule has 0 aliphatic carbocycles. The monoisotopic (exact) mass is 277 g/mol. The third kappa shape index (κ3) is 2.99.